The average molecular weight is 419 g/mol. The predicted octanol–water partition coefficient (Wildman–Crippen LogP) is 2.63. The molecule has 6 nitrogen and oxygen atoms in total. The molecule has 1 atom stereocenters. The number of hydrogen-bond donors (Lipinski definition) is 2. The molecule has 0 bridgehead atoms. The lowest BCUT2D eigenvalue weighted by Gasteiger charge is -2.28. The maximum atomic E-state index is 12.6. The maximum absolute atomic E-state index is 12.6. The van der Waals surface area contributed by atoms with Crippen molar-refractivity contribution in [2.24, 2.45) is 5.92 Å². The van der Waals surface area contributed by atoms with Crippen LogP contribution in [0.15, 0.2) is 42.6 Å². The van der Waals surface area contributed by atoms with Crippen molar-refractivity contribution in [3.8, 4) is 11.8 Å². The molecular formula is C25H30N4O2. The van der Waals surface area contributed by atoms with E-state index in [0.717, 1.165) is 24.1 Å². The monoisotopic (exact) mass is 418 g/mol. The van der Waals surface area contributed by atoms with E-state index in [2.05, 4.69) is 39.6 Å². The summed E-state index contributed by atoms with van der Waals surface area (Å²) in [7, 11) is 1.77. The highest BCUT2D eigenvalue weighted by molar-refractivity contribution is 5.92. The Balaban J connectivity index is 1.59. The molecule has 2 amide bonds. The smallest absolute Gasteiger partial charge is 0.242 e. The number of nitrogens with one attached hydrogen (secondary N) is 2. The molecule has 6 heteroatoms. The molecule has 3 rings (SSSR count). The molecule has 1 heterocycles. The van der Waals surface area contributed by atoms with E-state index in [-0.39, 0.29) is 17.7 Å². The van der Waals surface area contributed by atoms with Gasteiger partial charge in [0.05, 0.1) is 12.1 Å². The van der Waals surface area contributed by atoms with E-state index in [0.29, 0.717) is 18.8 Å². The van der Waals surface area contributed by atoms with E-state index >= 15 is 0 Å². The van der Waals surface area contributed by atoms with Crippen LogP contribution in [0.3, 0.4) is 0 Å². The van der Waals surface area contributed by atoms with E-state index in [1.807, 2.05) is 39.0 Å². The molecule has 0 saturated carbocycles. The van der Waals surface area contributed by atoms with Gasteiger partial charge in [-0.15, -0.1) is 0 Å². The molecule has 0 saturated heterocycles. The number of hydrogen-bond acceptors (Lipinski definition) is 4. The molecule has 2 N–H and O–H groups in total. The third-order valence-corrected chi connectivity index (χ3v) is 5.47. The van der Waals surface area contributed by atoms with Crippen LogP contribution in [0.25, 0.3) is 0 Å². The first-order valence-electron chi connectivity index (χ1n) is 10.6. The summed E-state index contributed by atoms with van der Waals surface area (Å²) in [5.41, 5.74) is 2.64. The largest absolute Gasteiger partial charge is 0.333 e. The number of anilines is 1. The van der Waals surface area contributed by atoms with Crippen molar-refractivity contribution in [2.75, 3.05) is 25.5 Å². The van der Waals surface area contributed by atoms with Crippen molar-refractivity contribution < 1.29 is 9.59 Å². The van der Waals surface area contributed by atoms with Crippen LogP contribution in [-0.2, 0) is 22.4 Å². The SMILES string of the molecule is CCNC(C)(C)C(=O)N(C)CC#Cc1ccc2c(c1)CC(C(=O)Nc1ccccn1)C2. The van der Waals surface area contributed by atoms with Crippen LogP contribution in [0.1, 0.15) is 37.5 Å². The van der Waals surface area contributed by atoms with Crippen LogP contribution >= 0.6 is 0 Å². The molecule has 2 aromatic rings. The molecule has 1 aliphatic carbocycles. The summed E-state index contributed by atoms with van der Waals surface area (Å²) < 4.78 is 0. The Morgan fingerprint density at radius 3 is 2.68 bits per heavy atom. The van der Waals surface area contributed by atoms with E-state index < -0.39 is 5.54 Å². The zero-order valence-corrected chi connectivity index (χ0v) is 18.7. The number of amides is 2. The molecule has 1 unspecified atom stereocenters. The van der Waals surface area contributed by atoms with E-state index in [9.17, 15) is 9.59 Å². The van der Waals surface area contributed by atoms with Gasteiger partial charge < -0.3 is 15.5 Å². The lowest BCUT2D eigenvalue weighted by molar-refractivity contribution is -0.135. The van der Waals surface area contributed by atoms with E-state index in [1.165, 1.54) is 5.56 Å². The van der Waals surface area contributed by atoms with Gasteiger partial charge in [-0.2, -0.15) is 0 Å². The van der Waals surface area contributed by atoms with Crippen molar-refractivity contribution in [3.05, 3.63) is 59.3 Å². The summed E-state index contributed by atoms with van der Waals surface area (Å²) in [5, 5.41) is 6.08. The predicted molar refractivity (Wildman–Crippen MR) is 122 cm³/mol. The minimum atomic E-state index is -0.608. The van der Waals surface area contributed by atoms with Crippen LogP contribution in [0.5, 0.6) is 0 Å². The number of pyridine rings is 1. The van der Waals surface area contributed by atoms with Crippen LogP contribution < -0.4 is 10.6 Å². The van der Waals surface area contributed by atoms with Crippen molar-refractivity contribution in [3.63, 3.8) is 0 Å². The molecule has 0 radical (unpaired) electrons. The minimum Gasteiger partial charge on any atom is -0.333 e. The Hall–Kier alpha value is -3.17. The Bertz CT molecular complexity index is 1010. The standard InChI is InChI=1S/C25H30N4O2/c1-5-27-25(2,3)24(31)29(4)14-8-9-18-11-12-19-16-21(17-20(19)15-18)23(30)28-22-10-6-7-13-26-22/h6-7,10-13,15,21,27H,5,14,16-17H2,1-4H3,(H,26,28,30). The van der Waals surface area contributed by atoms with Gasteiger partial charge in [0.1, 0.15) is 5.82 Å². The fourth-order valence-electron chi connectivity index (χ4n) is 3.87. The van der Waals surface area contributed by atoms with Gasteiger partial charge in [-0.3, -0.25) is 9.59 Å². The van der Waals surface area contributed by atoms with Crippen molar-refractivity contribution in [1.82, 2.24) is 15.2 Å². The number of rotatable bonds is 6. The lowest BCUT2D eigenvalue weighted by Crippen LogP contribution is -2.53. The highest BCUT2D eigenvalue weighted by atomic mass is 16.2. The van der Waals surface area contributed by atoms with Gasteiger partial charge in [-0.1, -0.05) is 30.9 Å². The summed E-state index contributed by atoms with van der Waals surface area (Å²) >= 11 is 0. The number of carbonyl (C=O) groups excluding carboxylic acids is 2. The molecule has 1 aromatic heterocycles. The first-order valence-corrected chi connectivity index (χ1v) is 10.6. The Morgan fingerprint density at radius 1 is 1.19 bits per heavy atom. The van der Waals surface area contributed by atoms with E-state index in [4.69, 9.17) is 0 Å². The fraction of sp³-hybridized carbons (Fsp3) is 0.400. The normalized spacial score (nSPS) is 14.9. The number of benzene rings is 1. The van der Waals surface area contributed by atoms with E-state index in [1.54, 1.807) is 24.2 Å². The van der Waals surface area contributed by atoms with Gasteiger partial charge in [0.15, 0.2) is 0 Å². The number of aromatic nitrogens is 1. The third kappa shape index (κ3) is 5.71. The van der Waals surface area contributed by atoms with Crippen LogP contribution in [0.2, 0.25) is 0 Å². The first-order chi connectivity index (χ1) is 14.8. The zero-order chi connectivity index (χ0) is 22.4. The van der Waals surface area contributed by atoms with Crippen LogP contribution in [0, 0.1) is 17.8 Å². The van der Waals surface area contributed by atoms with Crippen LogP contribution in [-0.4, -0.2) is 47.4 Å². The fourth-order valence-corrected chi connectivity index (χ4v) is 3.87. The number of fused-ring (bicyclic) bond motifs is 1. The van der Waals surface area contributed by atoms with Gasteiger partial charge in [-0.05, 0) is 68.6 Å². The molecule has 1 aromatic carbocycles. The molecular weight excluding hydrogens is 388 g/mol. The molecule has 162 valence electrons. The number of nitrogens with zero attached hydrogens (tertiary/aromatic N) is 2. The summed E-state index contributed by atoms with van der Waals surface area (Å²) in [6, 6.07) is 11.5. The van der Waals surface area contributed by atoms with Gasteiger partial charge in [0.2, 0.25) is 11.8 Å². The van der Waals surface area contributed by atoms with Crippen molar-refractivity contribution >= 4 is 17.6 Å². The molecule has 0 aliphatic heterocycles. The van der Waals surface area contributed by atoms with Gasteiger partial charge in [0, 0.05) is 24.7 Å². The minimum absolute atomic E-state index is 0.00836. The highest BCUT2D eigenvalue weighted by Gasteiger charge is 2.29. The number of likely N-dealkylation sites (N-methyl/N-ethyl adjacent to an activating group) is 2. The summed E-state index contributed by atoms with van der Waals surface area (Å²) in [6.07, 6.45) is 3.08. The Morgan fingerprint density at radius 2 is 1.97 bits per heavy atom. The van der Waals surface area contributed by atoms with Gasteiger partial charge >= 0.3 is 0 Å². The van der Waals surface area contributed by atoms with Crippen molar-refractivity contribution in [1.29, 1.82) is 0 Å². The second-order valence-corrected chi connectivity index (χ2v) is 8.41. The van der Waals surface area contributed by atoms with Crippen molar-refractivity contribution in [2.45, 2.75) is 39.2 Å². The average Bonchev–Trinajstić information content (AvgIpc) is 3.17. The van der Waals surface area contributed by atoms with Gasteiger partial charge in [-0.25, -0.2) is 4.98 Å². The lowest BCUT2D eigenvalue weighted by atomic mass is 10.0. The Kier molecular flexibility index (Phi) is 7.09. The second-order valence-electron chi connectivity index (χ2n) is 8.41. The third-order valence-electron chi connectivity index (χ3n) is 5.47. The highest BCUT2D eigenvalue weighted by Crippen LogP contribution is 2.28. The first kappa shape index (κ1) is 22.5. The van der Waals surface area contributed by atoms with Crippen LogP contribution in [0.4, 0.5) is 5.82 Å². The topological polar surface area (TPSA) is 74.3 Å². The maximum Gasteiger partial charge on any atom is 0.242 e. The van der Waals surface area contributed by atoms with Gasteiger partial charge in [0.25, 0.3) is 0 Å². The Labute approximate surface area is 184 Å². The summed E-state index contributed by atoms with van der Waals surface area (Å²) in [4.78, 5) is 30.9. The molecule has 0 spiro atoms. The quantitative estimate of drug-likeness (QED) is 0.708. The molecule has 31 heavy (non-hydrogen) atoms. The number of carbonyl (C=O) groups is 2. The molecule has 1 aliphatic rings. The summed E-state index contributed by atoms with van der Waals surface area (Å²) in [5.74, 6) is 6.73. The second kappa shape index (κ2) is 9.76. The molecule has 0 fully saturated rings. The zero-order valence-electron chi connectivity index (χ0n) is 18.7. The summed E-state index contributed by atoms with van der Waals surface area (Å²) in [6.45, 7) is 6.83.